The summed E-state index contributed by atoms with van der Waals surface area (Å²) in [6, 6.07) is 11.3. The summed E-state index contributed by atoms with van der Waals surface area (Å²) in [6.45, 7) is 5.38. The van der Waals surface area contributed by atoms with Gasteiger partial charge in [-0.15, -0.1) is 0 Å². The molecule has 0 atom stereocenters. The van der Waals surface area contributed by atoms with Crippen molar-refractivity contribution in [3.8, 4) is 28.7 Å². The number of nitrogens with zero attached hydrogens (tertiary/aromatic N) is 3. The maximum absolute atomic E-state index is 13.5. The van der Waals surface area contributed by atoms with Crippen molar-refractivity contribution in [1.29, 1.82) is 0 Å². The van der Waals surface area contributed by atoms with Crippen LogP contribution in [0.25, 0.3) is 10.9 Å². The maximum Gasteiger partial charge on any atom is 0.263 e. The monoisotopic (exact) mass is 570 g/mol. The Balaban J connectivity index is 1.38. The van der Waals surface area contributed by atoms with Gasteiger partial charge in [-0.25, -0.2) is 0 Å². The number of aromatic nitrogens is 2. The van der Waals surface area contributed by atoms with Crippen LogP contribution in [0.4, 0.5) is 5.69 Å². The first-order valence-electron chi connectivity index (χ1n) is 14.3. The van der Waals surface area contributed by atoms with Crippen LogP contribution in [0.1, 0.15) is 47.2 Å². The topological polar surface area (TPSA) is 95.0 Å². The van der Waals surface area contributed by atoms with Gasteiger partial charge in [0.15, 0.2) is 11.5 Å². The summed E-state index contributed by atoms with van der Waals surface area (Å²) < 4.78 is 24.2. The first kappa shape index (κ1) is 29.1. The number of ether oxygens (including phenoxy) is 4. The number of benzene rings is 2. The van der Waals surface area contributed by atoms with Gasteiger partial charge in [-0.3, -0.25) is 14.8 Å². The molecule has 2 heterocycles. The van der Waals surface area contributed by atoms with E-state index in [4.69, 9.17) is 18.9 Å². The molecule has 0 aliphatic heterocycles. The first-order chi connectivity index (χ1) is 20.4. The molecule has 0 saturated heterocycles. The van der Waals surface area contributed by atoms with Gasteiger partial charge < -0.3 is 29.2 Å². The molecule has 1 fully saturated rings. The minimum Gasteiger partial charge on any atom is -0.493 e. The molecule has 220 valence electrons. The van der Waals surface area contributed by atoms with Crippen LogP contribution in [-0.4, -0.2) is 56.3 Å². The number of amides is 1. The normalized spacial score (nSPS) is 13.0. The second kappa shape index (κ2) is 13.1. The average Bonchev–Trinajstić information content (AvgIpc) is 2.98. The highest BCUT2D eigenvalue weighted by Gasteiger charge is 2.25. The molecule has 1 N–H and O–H groups in total. The van der Waals surface area contributed by atoms with E-state index in [1.807, 2.05) is 51.2 Å². The van der Waals surface area contributed by atoms with E-state index in [0.29, 0.717) is 40.9 Å². The number of carbonyl (C=O) groups excluding carboxylic acids is 1. The summed E-state index contributed by atoms with van der Waals surface area (Å²) in [5.74, 6) is 3.02. The Morgan fingerprint density at radius 3 is 2.48 bits per heavy atom. The van der Waals surface area contributed by atoms with E-state index < -0.39 is 0 Å². The number of nitrogens with one attached hydrogen (secondary N) is 1. The van der Waals surface area contributed by atoms with Gasteiger partial charge in [0.1, 0.15) is 22.8 Å². The molecular formula is C33H38N4O5. The van der Waals surface area contributed by atoms with Gasteiger partial charge >= 0.3 is 0 Å². The molecule has 5 rings (SSSR count). The number of rotatable bonds is 12. The number of aryl methyl sites for hydroxylation is 2. The third kappa shape index (κ3) is 6.26. The highest BCUT2D eigenvalue weighted by Crippen LogP contribution is 2.39. The number of carbonyl (C=O) groups is 1. The van der Waals surface area contributed by atoms with E-state index in [0.717, 1.165) is 59.9 Å². The number of pyridine rings is 2. The largest absolute Gasteiger partial charge is 0.493 e. The highest BCUT2D eigenvalue weighted by molar-refractivity contribution is 6.07. The highest BCUT2D eigenvalue weighted by atomic mass is 16.5. The number of hydrogen-bond donors (Lipinski definition) is 1. The SMILES string of the molecule is CNCCCOc1cc2nccc(Oc3c(C)cc(N(C)C(=O)c4cnccc4OC4CCC4)cc3C)c2cc1OC. The third-order valence-electron chi connectivity index (χ3n) is 7.52. The van der Waals surface area contributed by atoms with Crippen molar-refractivity contribution in [3.05, 3.63) is 71.7 Å². The number of anilines is 1. The molecule has 1 amide bonds. The quantitative estimate of drug-likeness (QED) is 0.200. The Labute approximate surface area is 246 Å². The van der Waals surface area contributed by atoms with Crippen LogP contribution >= 0.6 is 0 Å². The van der Waals surface area contributed by atoms with Crippen LogP contribution in [-0.2, 0) is 0 Å². The Morgan fingerprint density at radius 1 is 1.02 bits per heavy atom. The van der Waals surface area contributed by atoms with Crippen LogP contribution < -0.4 is 29.2 Å². The summed E-state index contributed by atoms with van der Waals surface area (Å²) in [5.41, 5.74) is 3.73. The lowest BCUT2D eigenvalue weighted by atomic mass is 9.96. The predicted octanol–water partition coefficient (Wildman–Crippen LogP) is 6.24. The van der Waals surface area contributed by atoms with Crippen molar-refractivity contribution in [2.45, 2.75) is 45.6 Å². The van der Waals surface area contributed by atoms with Crippen LogP contribution in [0.5, 0.6) is 28.7 Å². The molecule has 1 aliphatic rings. The number of fused-ring (bicyclic) bond motifs is 1. The molecule has 2 aromatic carbocycles. The summed E-state index contributed by atoms with van der Waals surface area (Å²) in [7, 11) is 5.30. The van der Waals surface area contributed by atoms with E-state index in [1.54, 1.807) is 43.7 Å². The van der Waals surface area contributed by atoms with Gasteiger partial charge in [0.05, 0.1) is 25.3 Å². The van der Waals surface area contributed by atoms with Gasteiger partial charge in [0, 0.05) is 42.8 Å². The minimum atomic E-state index is -0.180. The number of hydrogen-bond acceptors (Lipinski definition) is 8. The molecule has 0 radical (unpaired) electrons. The molecular weight excluding hydrogens is 532 g/mol. The van der Waals surface area contributed by atoms with Gasteiger partial charge in [-0.05, 0) is 94.6 Å². The van der Waals surface area contributed by atoms with Crippen molar-refractivity contribution in [2.75, 3.05) is 39.3 Å². The molecule has 9 heteroatoms. The molecule has 0 unspecified atom stereocenters. The zero-order valence-corrected chi connectivity index (χ0v) is 24.9. The van der Waals surface area contributed by atoms with Crippen molar-refractivity contribution in [3.63, 3.8) is 0 Å². The van der Waals surface area contributed by atoms with Crippen LogP contribution in [0.3, 0.4) is 0 Å². The Morgan fingerprint density at radius 2 is 1.79 bits per heavy atom. The zero-order valence-electron chi connectivity index (χ0n) is 24.9. The molecule has 0 spiro atoms. The smallest absolute Gasteiger partial charge is 0.263 e. The summed E-state index contributed by atoms with van der Waals surface area (Å²) >= 11 is 0. The van der Waals surface area contributed by atoms with E-state index in [-0.39, 0.29) is 12.0 Å². The molecule has 1 aliphatic carbocycles. The molecule has 42 heavy (non-hydrogen) atoms. The fraction of sp³-hybridized carbons (Fsp3) is 0.364. The fourth-order valence-corrected chi connectivity index (χ4v) is 4.92. The van der Waals surface area contributed by atoms with E-state index in [1.165, 1.54) is 0 Å². The van der Waals surface area contributed by atoms with Crippen molar-refractivity contribution in [1.82, 2.24) is 15.3 Å². The lowest BCUT2D eigenvalue weighted by molar-refractivity contribution is 0.0964. The Bertz CT molecular complexity index is 1550. The lowest BCUT2D eigenvalue weighted by Gasteiger charge is -2.28. The summed E-state index contributed by atoms with van der Waals surface area (Å²) in [5, 5.41) is 3.93. The minimum absolute atomic E-state index is 0.164. The third-order valence-corrected chi connectivity index (χ3v) is 7.52. The molecule has 4 aromatic rings. The molecule has 1 saturated carbocycles. The predicted molar refractivity (Wildman–Crippen MR) is 164 cm³/mol. The zero-order chi connectivity index (χ0) is 29.6. The molecule has 2 aromatic heterocycles. The van der Waals surface area contributed by atoms with E-state index in [2.05, 4.69) is 15.3 Å². The lowest BCUT2D eigenvalue weighted by Crippen LogP contribution is -2.29. The number of methoxy groups -OCH3 is 1. The van der Waals surface area contributed by atoms with Gasteiger partial charge in [0.25, 0.3) is 5.91 Å². The van der Waals surface area contributed by atoms with Crippen molar-refractivity contribution < 1.29 is 23.7 Å². The van der Waals surface area contributed by atoms with Crippen LogP contribution in [0.15, 0.2) is 55.0 Å². The second-order valence-corrected chi connectivity index (χ2v) is 10.6. The van der Waals surface area contributed by atoms with Gasteiger partial charge in [-0.1, -0.05) is 0 Å². The van der Waals surface area contributed by atoms with Crippen LogP contribution in [0.2, 0.25) is 0 Å². The van der Waals surface area contributed by atoms with Crippen molar-refractivity contribution >= 4 is 22.5 Å². The van der Waals surface area contributed by atoms with Gasteiger partial charge in [0.2, 0.25) is 0 Å². The van der Waals surface area contributed by atoms with E-state index in [9.17, 15) is 4.79 Å². The fourth-order valence-electron chi connectivity index (χ4n) is 4.92. The average molecular weight is 571 g/mol. The van der Waals surface area contributed by atoms with Gasteiger partial charge in [-0.2, -0.15) is 0 Å². The second-order valence-electron chi connectivity index (χ2n) is 10.6. The standard InChI is InChI=1S/C33H38N4O5/c1-21-16-23(37(4)33(38)26-20-35-13-10-29(26)41-24-8-6-9-24)17-22(2)32(21)42-28-11-14-36-27-19-31(40-15-7-12-34-3)30(39-5)18-25(27)28/h10-11,13-14,16-20,24,34H,6-9,12,15H2,1-5H3. The summed E-state index contributed by atoms with van der Waals surface area (Å²) in [6.07, 6.45) is 9.17. The van der Waals surface area contributed by atoms with Crippen molar-refractivity contribution in [2.24, 2.45) is 0 Å². The maximum atomic E-state index is 13.5. The summed E-state index contributed by atoms with van der Waals surface area (Å²) in [4.78, 5) is 23.9. The van der Waals surface area contributed by atoms with Crippen LogP contribution in [0, 0.1) is 13.8 Å². The molecule has 9 nitrogen and oxygen atoms in total. The van der Waals surface area contributed by atoms with E-state index >= 15 is 0 Å². The molecule has 0 bridgehead atoms. The Hall–Kier alpha value is -4.37. The Kier molecular flexibility index (Phi) is 9.07. The first-order valence-corrected chi connectivity index (χ1v) is 14.3.